The van der Waals surface area contributed by atoms with Crippen molar-refractivity contribution in [1.29, 1.82) is 0 Å². The zero-order chi connectivity index (χ0) is 15.4. The molecule has 0 saturated carbocycles. The fourth-order valence-electron chi connectivity index (χ4n) is 2.70. The highest BCUT2D eigenvalue weighted by Gasteiger charge is 2.16. The average Bonchev–Trinajstić information content (AvgIpc) is 2.59. The van der Waals surface area contributed by atoms with E-state index in [1.807, 2.05) is 12.1 Å². The maximum atomic E-state index is 5.76. The van der Waals surface area contributed by atoms with Gasteiger partial charge in [0, 0.05) is 18.2 Å². The van der Waals surface area contributed by atoms with Crippen molar-refractivity contribution in [1.82, 2.24) is 5.32 Å². The van der Waals surface area contributed by atoms with Crippen molar-refractivity contribution < 1.29 is 9.47 Å². The molecule has 0 radical (unpaired) electrons. The summed E-state index contributed by atoms with van der Waals surface area (Å²) in [7, 11) is 0. The number of nitrogens with one attached hydrogen (secondary N) is 1. The van der Waals surface area contributed by atoms with Gasteiger partial charge in [-0.25, -0.2) is 0 Å². The van der Waals surface area contributed by atoms with Crippen LogP contribution >= 0.6 is 0 Å². The van der Waals surface area contributed by atoms with E-state index in [0.29, 0.717) is 19.3 Å². The Morgan fingerprint density at radius 2 is 1.82 bits per heavy atom. The zero-order valence-corrected chi connectivity index (χ0v) is 13.3. The first kappa shape index (κ1) is 14.9. The monoisotopic (exact) mass is 297 g/mol. The highest BCUT2D eigenvalue weighted by molar-refractivity contribution is 5.47. The fourth-order valence-corrected chi connectivity index (χ4v) is 2.70. The summed E-state index contributed by atoms with van der Waals surface area (Å²) in [5.41, 5.74) is 3.83. The molecule has 116 valence electrons. The fraction of sp³-hybridized carbons (Fsp3) is 0.368. The maximum Gasteiger partial charge on any atom is 0.165 e. The van der Waals surface area contributed by atoms with E-state index in [1.54, 1.807) is 0 Å². The molecule has 0 saturated heterocycles. The van der Waals surface area contributed by atoms with Crippen LogP contribution in [-0.2, 0) is 13.0 Å². The van der Waals surface area contributed by atoms with Gasteiger partial charge in [0.2, 0.25) is 0 Å². The summed E-state index contributed by atoms with van der Waals surface area (Å²) >= 11 is 0. The molecule has 1 atom stereocenters. The first-order valence-corrected chi connectivity index (χ1v) is 7.97. The lowest BCUT2D eigenvalue weighted by molar-refractivity contribution is 0.169. The molecule has 0 aliphatic carbocycles. The maximum absolute atomic E-state index is 5.76. The molecule has 2 aromatic carbocycles. The van der Waals surface area contributed by atoms with Gasteiger partial charge in [-0.3, -0.25) is 0 Å². The van der Waals surface area contributed by atoms with Gasteiger partial charge in [-0.05, 0) is 30.5 Å². The molecule has 2 aromatic rings. The smallest absolute Gasteiger partial charge is 0.165 e. The van der Waals surface area contributed by atoms with Gasteiger partial charge in [0.15, 0.2) is 11.5 Å². The second-order valence-corrected chi connectivity index (χ2v) is 5.64. The van der Waals surface area contributed by atoms with Gasteiger partial charge in [-0.2, -0.15) is 0 Å². The summed E-state index contributed by atoms with van der Waals surface area (Å²) in [6.07, 6.45) is 1.08. The minimum atomic E-state index is 0.297. The molecule has 22 heavy (non-hydrogen) atoms. The second kappa shape index (κ2) is 6.84. The van der Waals surface area contributed by atoms with Crippen LogP contribution in [0.4, 0.5) is 0 Å². The van der Waals surface area contributed by atoms with Gasteiger partial charge < -0.3 is 14.8 Å². The molecule has 3 heteroatoms. The van der Waals surface area contributed by atoms with Crippen LogP contribution in [0.2, 0.25) is 0 Å². The third-order valence-corrected chi connectivity index (χ3v) is 4.13. The Morgan fingerprint density at radius 1 is 1.05 bits per heavy atom. The Morgan fingerprint density at radius 3 is 2.59 bits per heavy atom. The summed E-state index contributed by atoms with van der Waals surface area (Å²) in [6.45, 7) is 6.39. The van der Waals surface area contributed by atoms with Crippen molar-refractivity contribution in [3.05, 3.63) is 59.2 Å². The van der Waals surface area contributed by atoms with E-state index < -0.39 is 0 Å². The summed E-state index contributed by atoms with van der Waals surface area (Å²) in [4.78, 5) is 0. The highest BCUT2D eigenvalue weighted by Crippen LogP contribution is 2.33. The normalized spacial score (nSPS) is 14.6. The molecule has 1 aliphatic heterocycles. The molecular weight excluding hydrogens is 274 g/mol. The van der Waals surface area contributed by atoms with Crippen molar-refractivity contribution >= 4 is 0 Å². The van der Waals surface area contributed by atoms with Crippen LogP contribution in [0.1, 0.15) is 36.6 Å². The first-order valence-electron chi connectivity index (χ1n) is 7.97. The molecule has 3 nitrogen and oxygen atoms in total. The van der Waals surface area contributed by atoms with E-state index in [2.05, 4.69) is 49.5 Å². The Labute approximate surface area is 132 Å². The summed E-state index contributed by atoms with van der Waals surface area (Å²) in [5.74, 6) is 1.74. The van der Waals surface area contributed by atoms with E-state index in [0.717, 1.165) is 30.0 Å². The first-order chi connectivity index (χ1) is 10.8. The van der Waals surface area contributed by atoms with Crippen LogP contribution in [0.15, 0.2) is 42.5 Å². The molecule has 0 aromatic heterocycles. The summed E-state index contributed by atoms with van der Waals surface area (Å²) in [6, 6.07) is 15.2. The van der Waals surface area contributed by atoms with E-state index in [1.165, 1.54) is 11.1 Å². The highest BCUT2D eigenvalue weighted by atomic mass is 16.6. The number of aryl methyl sites for hydroxylation is 1. The molecule has 0 bridgehead atoms. The Balaban J connectivity index is 1.66. The third kappa shape index (κ3) is 3.25. The molecule has 1 unspecified atom stereocenters. The van der Waals surface area contributed by atoms with Crippen molar-refractivity contribution in [3.63, 3.8) is 0 Å². The van der Waals surface area contributed by atoms with E-state index >= 15 is 0 Å². The van der Waals surface area contributed by atoms with Crippen LogP contribution in [0.3, 0.4) is 0 Å². The van der Waals surface area contributed by atoms with Crippen LogP contribution in [0, 0.1) is 0 Å². The van der Waals surface area contributed by atoms with Crippen LogP contribution in [0.25, 0.3) is 0 Å². The van der Waals surface area contributed by atoms with Gasteiger partial charge in [-0.15, -0.1) is 0 Å². The lowest BCUT2D eigenvalue weighted by atomic mass is 10.0. The number of fused-ring (bicyclic) bond motifs is 1. The van der Waals surface area contributed by atoms with E-state index in [-0.39, 0.29) is 0 Å². The molecular formula is C19H23NO2. The Kier molecular flexibility index (Phi) is 4.64. The van der Waals surface area contributed by atoms with Crippen LogP contribution in [0.5, 0.6) is 11.5 Å². The van der Waals surface area contributed by atoms with Crippen LogP contribution < -0.4 is 14.8 Å². The van der Waals surface area contributed by atoms with Crippen LogP contribution in [-0.4, -0.2) is 13.2 Å². The number of hydrogen-bond acceptors (Lipinski definition) is 3. The number of rotatable bonds is 5. The minimum absolute atomic E-state index is 0.297. The molecule has 1 heterocycles. The molecule has 0 amide bonds. The average molecular weight is 297 g/mol. The number of ether oxygens (including phenoxy) is 2. The van der Waals surface area contributed by atoms with Gasteiger partial charge >= 0.3 is 0 Å². The molecule has 1 aliphatic rings. The predicted octanol–water partition coefficient (Wildman–Crippen LogP) is 3.87. The van der Waals surface area contributed by atoms with Crippen molar-refractivity contribution in [2.24, 2.45) is 0 Å². The van der Waals surface area contributed by atoms with Crippen molar-refractivity contribution in [2.75, 3.05) is 13.2 Å². The minimum Gasteiger partial charge on any atom is -0.486 e. The Hall–Kier alpha value is -2.00. The quantitative estimate of drug-likeness (QED) is 0.908. The lowest BCUT2D eigenvalue weighted by Crippen LogP contribution is -2.21. The largest absolute Gasteiger partial charge is 0.486 e. The SMILES string of the molecule is CCc1ccc(C(C)NCc2cccc3c2OCCO3)cc1. The molecule has 3 rings (SSSR count). The zero-order valence-electron chi connectivity index (χ0n) is 13.3. The lowest BCUT2D eigenvalue weighted by Gasteiger charge is -2.22. The number of benzene rings is 2. The topological polar surface area (TPSA) is 30.5 Å². The number of hydrogen-bond donors (Lipinski definition) is 1. The van der Waals surface area contributed by atoms with Gasteiger partial charge in [-0.1, -0.05) is 43.3 Å². The van der Waals surface area contributed by atoms with E-state index in [9.17, 15) is 0 Å². The number of para-hydroxylation sites is 1. The van der Waals surface area contributed by atoms with Gasteiger partial charge in [0.1, 0.15) is 13.2 Å². The summed E-state index contributed by atoms with van der Waals surface area (Å²) < 4.78 is 11.4. The standard InChI is InChI=1S/C19H23NO2/c1-3-15-7-9-16(10-8-15)14(2)20-13-17-5-4-6-18-19(17)22-12-11-21-18/h4-10,14,20H,3,11-13H2,1-2H3. The second-order valence-electron chi connectivity index (χ2n) is 5.64. The van der Waals surface area contributed by atoms with E-state index in [4.69, 9.17) is 9.47 Å². The van der Waals surface area contributed by atoms with Gasteiger partial charge in [0.25, 0.3) is 0 Å². The van der Waals surface area contributed by atoms with Crippen molar-refractivity contribution in [2.45, 2.75) is 32.9 Å². The summed E-state index contributed by atoms with van der Waals surface area (Å²) in [5, 5.41) is 3.57. The molecule has 1 N–H and O–H groups in total. The molecule has 0 fully saturated rings. The third-order valence-electron chi connectivity index (χ3n) is 4.13. The molecule has 0 spiro atoms. The predicted molar refractivity (Wildman–Crippen MR) is 88.5 cm³/mol. The Bertz CT molecular complexity index is 622. The van der Waals surface area contributed by atoms with Gasteiger partial charge in [0.05, 0.1) is 0 Å². The van der Waals surface area contributed by atoms with Crippen molar-refractivity contribution in [3.8, 4) is 11.5 Å².